The van der Waals surface area contributed by atoms with Gasteiger partial charge in [-0.05, 0) is 32.8 Å². The van der Waals surface area contributed by atoms with E-state index in [0.717, 1.165) is 0 Å². The molecule has 1 aromatic rings. The van der Waals surface area contributed by atoms with Crippen molar-refractivity contribution in [3.8, 4) is 11.5 Å². The van der Waals surface area contributed by atoms with Crippen molar-refractivity contribution in [1.82, 2.24) is 4.90 Å². The molecule has 1 aliphatic heterocycles. The van der Waals surface area contributed by atoms with Crippen LogP contribution in [0.4, 0.5) is 4.79 Å². The van der Waals surface area contributed by atoms with E-state index in [1.165, 1.54) is 11.0 Å². The summed E-state index contributed by atoms with van der Waals surface area (Å²) in [4.78, 5) is 13.5. The molecule has 0 aliphatic carbocycles. The number of amides is 1. The minimum Gasteiger partial charge on any atom is -0.507 e. The number of carbonyl (C=O) groups is 1. The lowest BCUT2D eigenvalue weighted by atomic mass is 9.98. The Morgan fingerprint density at radius 1 is 1.30 bits per heavy atom. The summed E-state index contributed by atoms with van der Waals surface area (Å²) in [5.41, 5.74) is 0.681. The Labute approximate surface area is 122 Å². The van der Waals surface area contributed by atoms with E-state index in [1.807, 2.05) is 0 Å². The molecule has 0 saturated heterocycles. The summed E-state index contributed by atoms with van der Waals surface area (Å²) < 4.78 is 5.31. The summed E-state index contributed by atoms with van der Waals surface area (Å²) in [6.07, 6.45) is 0.0433. The van der Waals surface area contributed by atoms with Crippen LogP contribution in [0.15, 0.2) is 6.07 Å². The number of benzene rings is 1. The van der Waals surface area contributed by atoms with Crippen LogP contribution in [0.3, 0.4) is 0 Å². The number of rotatable bonds is 0. The first-order valence-electron chi connectivity index (χ1n) is 6.39. The number of fused-ring (bicyclic) bond motifs is 1. The van der Waals surface area contributed by atoms with Crippen molar-refractivity contribution in [3.05, 3.63) is 22.2 Å². The van der Waals surface area contributed by atoms with Crippen LogP contribution in [-0.4, -0.2) is 33.4 Å². The number of aromatic hydroxyl groups is 2. The van der Waals surface area contributed by atoms with Crippen LogP contribution in [0.25, 0.3) is 0 Å². The zero-order chi connectivity index (χ0) is 15.1. The minimum absolute atomic E-state index is 0.0600. The highest BCUT2D eigenvalue weighted by Crippen LogP contribution is 2.39. The average molecular weight is 300 g/mol. The van der Waals surface area contributed by atoms with E-state index in [4.69, 9.17) is 16.3 Å². The van der Waals surface area contributed by atoms with E-state index in [-0.39, 0.29) is 23.1 Å². The van der Waals surface area contributed by atoms with Crippen molar-refractivity contribution in [1.29, 1.82) is 0 Å². The van der Waals surface area contributed by atoms with Crippen LogP contribution in [-0.2, 0) is 17.7 Å². The first-order valence-corrected chi connectivity index (χ1v) is 6.77. The number of halogens is 1. The molecule has 0 bridgehead atoms. The van der Waals surface area contributed by atoms with Gasteiger partial charge in [-0.25, -0.2) is 4.79 Å². The number of carbonyl (C=O) groups excluding carboxylic acids is 1. The molecule has 20 heavy (non-hydrogen) atoms. The topological polar surface area (TPSA) is 70.0 Å². The molecular weight excluding hydrogens is 282 g/mol. The standard InChI is InChI=1S/C14H18ClNO4/c1-14(2,3)20-13(19)16-5-4-8-9(7-16)10(17)6-11(18)12(8)15/h6,17-18H,4-5,7H2,1-3H3. The Morgan fingerprint density at radius 3 is 2.55 bits per heavy atom. The molecule has 0 unspecified atom stereocenters. The van der Waals surface area contributed by atoms with Gasteiger partial charge < -0.3 is 19.8 Å². The van der Waals surface area contributed by atoms with Gasteiger partial charge in [-0.2, -0.15) is 0 Å². The van der Waals surface area contributed by atoms with E-state index in [9.17, 15) is 15.0 Å². The number of phenols is 2. The van der Waals surface area contributed by atoms with Crippen molar-refractivity contribution < 1.29 is 19.7 Å². The molecule has 6 heteroatoms. The highest BCUT2D eigenvalue weighted by Gasteiger charge is 2.29. The van der Waals surface area contributed by atoms with Crippen LogP contribution in [0, 0.1) is 0 Å². The molecule has 0 spiro atoms. The Bertz CT molecular complexity index is 551. The number of hydrogen-bond acceptors (Lipinski definition) is 4. The minimum atomic E-state index is -0.563. The van der Waals surface area contributed by atoms with E-state index in [1.54, 1.807) is 20.8 Å². The highest BCUT2D eigenvalue weighted by atomic mass is 35.5. The molecule has 0 saturated carbocycles. The molecule has 5 nitrogen and oxygen atoms in total. The number of ether oxygens (including phenoxy) is 1. The van der Waals surface area contributed by atoms with Crippen LogP contribution in [0.5, 0.6) is 11.5 Å². The normalized spacial score (nSPS) is 14.9. The van der Waals surface area contributed by atoms with Crippen molar-refractivity contribution >= 4 is 17.7 Å². The van der Waals surface area contributed by atoms with Gasteiger partial charge in [0.15, 0.2) is 0 Å². The summed E-state index contributed by atoms with van der Waals surface area (Å²) >= 11 is 6.02. The van der Waals surface area contributed by atoms with Gasteiger partial charge in [-0.3, -0.25) is 0 Å². The Hall–Kier alpha value is -1.62. The Balaban J connectivity index is 2.24. The quantitative estimate of drug-likeness (QED) is 0.772. The maximum Gasteiger partial charge on any atom is 0.410 e. The molecule has 0 aromatic heterocycles. The van der Waals surface area contributed by atoms with E-state index in [2.05, 4.69) is 0 Å². The van der Waals surface area contributed by atoms with E-state index in [0.29, 0.717) is 24.1 Å². The second-order valence-corrected chi connectivity index (χ2v) is 6.22. The van der Waals surface area contributed by atoms with Crippen LogP contribution in [0.2, 0.25) is 5.02 Å². The van der Waals surface area contributed by atoms with Crippen molar-refractivity contribution in [2.45, 2.75) is 39.3 Å². The first-order chi connectivity index (χ1) is 9.19. The second kappa shape index (κ2) is 5.05. The molecule has 0 atom stereocenters. The molecule has 1 amide bonds. The third kappa shape index (κ3) is 2.93. The van der Waals surface area contributed by atoms with Gasteiger partial charge >= 0.3 is 6.09 Å². The van der Waals surface area contributed by atoms with E-state index >= 15 is 0 Å². The molecule has 2 N–H and O–H groups in total. The maximum absolute atomic E-state index is 12.0. The number of hydrogen-bond donors (Lipinski definition) is 2. The molecule has 0 radical (unpaired) electrons. The van der Waals surface area contributed by atoms with Gasteiger partial charge in [-0.1, -0.05) is 11.6 Å². The predicted molar refractivity (Wildman–Crippen MR) is 75.1 cm³/mol. The lowest BCUT2D eigenvalue weighted by molar-refractivity contribution is 0.0223. The molecule has 2 rings (SSSR count). The summed E-state index contributed by atoms with van der Waals surface area (Å²) in [5, 5.41) is 19.7. The zero-order valence-electron chi connectivity index (χ0n) is 11.7. The van der Waals surface area contributed by atoms with Crippen LogP contribution < -0.4 is 0 Å². The summed E-state index contributed by atoms with van der Waals surface area (Å²) in [7, 11) is 0. The SMILES string of the molecule is CC(C)(C)OC(=O)N1CCc2c(Cl)c(O)cc(O)c2C1. The summed E-state index contributed by atoms with van der Waals surface area (Å²) in [6, 6.07) is 1.19. The largest absolute Gasteiger partial charge is 0.507 e. The van der Waals surface area contributed by atoms with Gasteiger partial charge in [0.05, 0.1) is 11.6 Å². The summed E-state index contributed by atoms with van der Waals surface area (Å²) in [5.74, 6) is -0.205. The highest BCUT2D eigenvalue weighted by molar-refractivity contribution is 6.33. The van der Waals surface area contributed by atoms with Gasteiger partial charge in [0, 0.05) is 18.2 Å². The van der Waals surface area contributed by atoms with Crippen molar-refractivity contribution in [3.63, 3.8) is 0 Å². The van der Waals surface area contributed by atoms with Gasteiger partial charge in [-0.15, -0.1) is 0 Å². The molecule has 110 valence electrons. The molecule has 0 fully saturated rings. The van der Waals surface area contributed by atoms with E-state index < -0.39 is 11.7 Å². The number of phenolic OH excluding ortho intramolecular Hbond substituents is 2. The van der Waals surface area contributed by atoms with Crippen LogP contribution >= 0.6 is 11.6 Å². The first kappa shape index (κ1) is 14.8. The second-order valence-electron chi connectivity index (χ2n) is 5.84. The van der Waals surface area contributed by atoms with Gasteiger partial charge in [0.25, 0.3) is 0 Å². The van der Waals surface area contributed by atoms with Crippen molar-refractivity contribution in [2.75, 3.05) is 6.54 Å². The van der Waals surface area contributed by atoms with Crippen LogP contribution in [0.1, 0.15) is 31.9 Å². The summed E-state index contributed by atoms with van der Waals surface area (Å²) in [6.45, 7) is 6.06. The average Bonchev–Trinajstić information content (AvgIpc) is 2.33. The fraction of sp³-hybridized carbons (Fsp3) is 0.500. The molecule has 1 aromatic carbocycles. The predicted octanol–water partition coefficient (Wildman–Crippen LogP) is 3.04. The fourth-order valence-electron chi connectivity index (χ4n) is 2.16. The third-order valence-corrected chi connectivity index (χ3v) is 3.49. The third-order valence-electron chi connectivity index (χ3n) is 3.07. The molecule has 1 heterocycles. The fourth-order valence-corrected chi connectivity index (χ4v) is 2.42. The van der Waals surface area contributed by atoms with Gasteiger partial charge in [0.1, 0.15) is 17.1 Å². The maximum atomic E-state index is 12.0. The smallest absolute Gasteiger partial charge is 0.410 e. The Kier molecular flexibility index (Phi) is 3.73. The van der Waals surface area contributed by atoms with Crippen molar-refractivity contribution in [2.24, 2.45) is 0 Å². The molecule has 1 aliphatic rings. The molecular formula is C14H18ClNO4. The Morgan fingerprint density at radius 2 is 1.95 bits per heavy atom. The lowest BCUT2D eigenvalue weighted by Gasteiger charge is -2.32. The lowest BCUT2D eigenvalue weighted by Crippen LogP contribution is -2.40. The number of nitrogens with zero attached hydrogens (tertiary/aromatic N) is 1. The van der Waals surface area contributed by atoms with Gasteiger partial charge in [0.2, 0.25) is 0 Å². The monoisotopic (exact) mass is 299 g/mol. The zero-order valence-corrected chi connectivity index (χ0v) is 12.5.